The molecular weight excluding hydrogens is 478 g/mol. The van der Waals surface area contributed by atoms with Crippen LogP contribution < -0.4 is 20.3 Å². The normalized spacial score (nSPS) is 13.1. The zero-order valence-corrected chi connectivity index (χ0v) is 21.5. The number of ketones is 1. The van der Waals surface area contributed by atoms with Crippen LogP contribution in [0, 0.1) is 0 Å². The monoisotopic (exact) mass is 507 g/mol. The summed E-state index contributed by atoms with van der Waals surface area (Å²) in [4.78, 5) is 35.3. The Morgan fingerprint density at radius 2 is 1.92 bits per heavy atom. The zero-order valence-electron chi connectivity index (χ0n) is 20.7. The Kier molecular flexibility index (Phi) is 8.05. The lowest BCUT2D eigenvalue weighted by Crippen LogP contribution is -2.29. The van der Waals surface area contributed by atoms with Gasteiger partial charge in [0.2, 0.25) is 11.9 Å². The van der Waals surface area contributed by atoms with Gasteiger partial charge in [0, 0.05) is 37.1 Å². The van der Waals surface area contributed by atoms with Gasteiger partial charge in [-0.2, -0.15) is 4.98 Å². The van der Waals surface area contributed by atoms with Crippen molar-refractivity contribution in [3.05, 3.63) is 58.7 Å². The number of nitrogens with one attached hydrogen (secondary N) is 2. The first-order valence-corrected chi connectivity index (χ1v) is 12.5. The van der Waals surface area contributed by atoms with Crippen molar-refractivity contribution in [2.45, 2.75) is 46.0 Å². The predicted octanol–water partition coefficient (Wildman–Crippen LogP) is 5.84. The number of Topliss-reactive ketones (excluding diaryl/α,β-unsaturated/α-hetero) is 1. The molecule has 0 saturated carbocycles. The van der Waals surface area contributed by atoms with E-state index in [2.05, 4.69) is 20.6 Å². The number of nitrogens with zero attached hydrogens (tertiary/aromatic N) is 3. The number of fused-ring (bicyclic) bond motifs is 1. The highest BCUT2D eigenvalue weighted by molar-refractivity contribution is 6.33. The van der Waals surface area contributed by atoms with Crippen molar-refractivity contribution < 1.29 is 14.3 Å². The molecule has 8 nitrogen and oxygen atoms in total. The van der Waals surface area contributed by atoms with E-state index in [0.717, 1.165) is 35.3 Å². The van der Waals surface area contributed by atoms with Gasteiger partial charge in [0.15, 0.2) is 5.82 Å². The molecule has 3 aromatic rings. The topological polar surface area (TPSA) is 96.4 Å². The maximum atomic E-state index is 12.5. The first-order valence-electron chi connectivity index (χ1n) is 12.1. The molecule has 1 aromatic heterocycles. The molecule has 1 aliphatic heterocycles. The van der Waals surface area contributed by atoms with E-state index >= 15 is 0 Å². The molecule has 0 unspecified atom stereocenters. The summed E-state index contributed by atoms with van der Waals surface area (Å²) in [6.45, 7) is 4.42. The highest BCUT2D eigenvalue weighted by Gasteiger charge is 2.25. The van der Waals surface area contributed by atoms with E-state index < -0.39 is 0 Å². The van der Waals surface area contributed by atoms with Crippen molar-refractivity contribution >= 4 is 52.1 Å². The van der Waals surface area contributed by atoms with Gasteiger partial charge >= 0.3 is 0 Å². The van der Waals surface area contributed by atoms with Crippen molar-refractivity contribution in [3.63, 3.8) is 0 Å². The molecule has 1 amide bonds. The minimum absolute atomic E-state index is 0.122. The van der Waals surface area contributed by atoms with E-state index in [4.69, 9.17) is 16.3 Å². The molecule has 2 aromatic carbocycles. The number of ether oxygens (including phenoxy) is 1. The third-order valence-electron chi connectivity index (χ3n) is 6.21. The van der Waals surface area contributed by atoms with Crippen molar-refractivity contribution in [3.8, 4) is 5.75 Å². The molecule has 0 spiro atoms. The maximum absolute atomic E-state index is 12.5. The Labute approximate surface area is 216 Å². The number of carbonyl (C=O) groups excluding carboxylic acids is 2. The molecule has 9 heteroatoms. The number of carbonyl (C=O) groups is 2. The second-order valence-electron chi connectivity index (χ2n) is 8.50. The fraction of sp³-hybridized carbons (Fsp3) is 0.333. The Morgan fingerprint density at radius 3 is 2.67 bits per heavy atom. The molecular formula is C27H30ClN5O3. The van der Waals surface area contributed by atoms with E-state index in [1.54, 1.807) is 12.0 Å². The SMILES string of the molecule is CCC(=O)Cc1ccccc1Nc1nc(Nc2ccc3c(c2OC)CCCC(=O)N3CC)ncc1Cl. The molecule has 0 saturated heterocycles. The molecule has 2 N–H and O–H groups in total. The number of anilines is 5. The van der Waals surface area contributed by atoms with Crippen LogP contribution in [0.2, 0.25) is 5.02 Å². The van der Waals surface area contributed by atoms with E-state index in [1.165, 1.54) is 6.20 Å². The van der Waals surface area contributed by atoms with Gasteiger partial charge in [0.05, 0.1) is 24.7 Å². The summed E-state index contributed by atoms with van der Waals surface area (Å²) < 4.78 is 5.78. The fourth-order valence-electron chi connectivity index (χ4n) is 4.37. The molecule has 0 fully saturated rings. The summed E-state index contributed by atoms with van der Waals surface area (Å²) in [6, 6.07) is 11.4. The number of hydrogen-bond donors (Lipinski definition) is 2. The van der Waals surface area contributed by atoms with E-state index in [1.807, 2.05) is 50.2 Å². The quantitative estimate of drug-likeness (QED) is 0.375. The molecule has 188 valence electrons. The van der Waals surface area contributed by atoms with Crippen molar-refractivity contribution in [2.75, 3.05) is 29.2 Å². The van der Waals surface area contributed by atoms with Crippen LogP contribution in [0.15, 0.2) is 42.6 Å². The van der Waals surface area contributed by atoms with Crippen LogP contribution in [0.3, 0.4) is 0 Å². The average molecular weight is 508 g/mol. The predicted molar refractivity (Wildman–Crippen MR) is 143 cm³/mol. The Hall–Kier alpha value is -3.65. The first-order chi connectivity index (χ1) is 17.4. The molecule has 36 heavy (non-hydrogen) atoms. The molecule has 0 atom stereocenters. The second-order valence-corrected chi connectivity index (χ2v) is 8.91. The van der Waals surface area contributed by atoms with Crippen molar-refractivity contribution in [2.24, 2.45) is 0 Å². The lowest BCUT2D eigenvalue weighted by molar-refractivity contribution is -0.119. The van der Waals surface area contributed by atoms with Gasteiger partial charge in [-0.15, -0.1) is 0 Å². The van der Waals surface area contributed by atoms with E-state index in [9.17, 15) is 9.59 Å². The summed E-state index contributed by atoms with van der Waals surface area (Å²) >= 11 is 6.41. The largest absolute Gasteiger partial charge is 0.494 e. The zero-order chi connectivity index (χ0) is 25.7. The highest BCUT2D eigenvalue weighted by Crippen LogP contribution is 2.40. The second kappa shape index (κ2) is 11.4. The number of benzene rings is 2. The van der Waals surface area contributed by atoms with Gasteiger partial charge in [0.1, 0.15) is 16.6 Å². The van der Waals surface area contributed by atoms with Gasteiger partial charge < -0.3 is 20.3 Å². The minimum atomic E-state index is 0.122. The first kappa shape index (κ1) is 25.4. The third kappa shape index (κ3) is 5.44. The molecule has 0 radical (unpaired) electrons. The minimum Gasteiger partial charge on any atom is -0.494 e. The third-order valence-corrected chi connectivity index (χ3v) is 6.48. The molecule has 0 bridgehead atoms. The molecule has 4 rings (SSSR count). The molecule has 0 aliphatic carbocycles. The molecule has 1 aliphatic rings. The number of aromatic nitrogens is 2. The number of rotatable bonds is 9. The average Bonchev–Trinajstić information content (AvgIpc) is 3.04. The number of halogens is 1. The van der Waals surface area contributed by atoms with Crippen LogP contribution >= 0.6 is 11.6 Å². The van der Waals surface area contributed by atoms with E-state index in [-0.39, 0.29) is 11.7 Å². The fourth-order valence-corrected chi connectivity index (χ4v) is 4.51. The lowest BCUT2D eigenvalue weighted by Gasteiger charge is -2.24. The smallest absolute Gasteiger partial charge is 0.229 e. The van der Waals surface area contributed by atoms with Crippen molar-refractivity contribution in [1.29, 1.82) is 0 Å². The van der Waals surface area contributed by atoms with Gasteiger partial charge in [-0.25, -0.2) is 4.98 Å². The van der Waals surface area contributed by atoms with Gasteiger partial charge in [-0.1, -0.05) is 36.7 Å². The summed E-state index contributed by atoms with van der Waals surface area (Å²) in [7, 11) is 1.62. The molecule has 2 heterocycles. The Morgan fingerprint density at radius 1 is 1.11 bits per heavy atom. The summed E-state index contributed by atoms with van der Waals surface area (Å²) in [5, 5.41) is 6.84. The lowest BCUT2D eigenvalue weighted by atomic mass is 10.0. The van der Waals surface area contributed by atoms with Crippen LogP contribution in [0.5, 0.6) is 5.75 Å². The Bertz CT molecular complexity index is 1280. The van der Waals surface area contributed by atoms with Gasteiger partial charge in [-0.05, 0) is 43.5 Å². The maximum Gasteiger partial charge on any atom is 0.229 e. The van der Waals surface area contributed by atoms with Crippen LogP contribution in [-0.2, 0) is 22.4 Å². The van der Waals surface area contributed by atoms with Crippen LogP contribution in [0.4, 0.5) is 28.8 Å². The summed E-state index contributed by atoms with van der Waals surface area (Å²) in [5.74, 6) is 1.69. The Balaban J connectivity index is 1.64. The van der Waals surface area contributed by atoms with Gasteiger partial charge in [0.25, 0.3) is 0 Å². The van der Waals surface area contributed by atoms with Crippen LogP contribution in [-0.4, -0.2) is 35.3 Å². The highest BCUT2D eigenvalue weighted by atomic mass is 35.5. The van der Waals surface area contributed by atoms with E-state index in [0.29, 0.717) is 54.0 Å². The standard InChI is InChI=1S/C27H30ClN5O3/c1-4-18(34)15-17-9-6-7-11-21(17)30-26-20(28)16-29-27(32-26)31-22-13-14-23-19(25(22)36-3)10-8-12-24(35)33(23)5-2/h6-7,9,11,13-14,16H,4-5,8,10,12,15H2,1-3H3,(H2,29,30,31,32). The summed E-state index contributed by atoms with van der Waals surface area (Å²) in [5.41, 5.74) is 4.19. The number of para-hydroxylation sites is 1. The van der Waals surface area contributed by atoms with Crippen molar-refractivity contribution in [1.82, 2.24) is 9.97 Å². The van der Waals surface area contributed by atoms with Crippen LogP contribution in [0.1, 0.15) is 44.2 Å². The number of methoxy groups -OCH3 is 1. The van der Waals surface area contributed by atoms with Gasteiger partial charge in [-0.3, -0.25) is 9.59 Å². The number of hydrogen-bond acceptors (Lipinski definition) is 7. The summed E-state index contributed by atoms with van der Waals surface area (Å²) in [6.07, 6.45) is 4.33. The van der Waals surface area contributed by atoms with Crippen LogP contribution in [0.25, 0.3) is 0 Å². The number of amides is 1.